The van der Waals surface area contributed by atoms with E-state index >= 15 is 0 Å². The number of benzene rings is 3. The second kappa shape index (κ2) is 12.0. The lowest BCUT2D eigenvalue weighted by Gasteiger charge is -2.39. The summed E-state index contributed by atoms with van der Waals surface area (Å²) in [5, 5.41) is 6.40. The Balaban J connectivity index is 2.27. The summed E-state index contributed by atoms with van der Waals surface area (Å²) in [7, 11) is -2.59. The first kappa shape index (κ1) is 28.4. The molecule has 0 bridgehead atoms. The summed E-state index contributed by atoms with van der Waals surface area (Å²) < 4.78 is 0. The molecule has 1 aliphatic carbocycles. The van der Waals surface area contributed by atoms with Crippen molar-refractivity contribution in [2.45, 2.75) is 93.9 Å². The van der Waals surface area contributed by atoms with Gasteiger partial charge < -0.3 is 0 Å². The fourth-order valence-corrected chi connectivity index (χ4v) is 12.4. The standard InChI is InChI=1S/C37H48Si/c1-9-28-17-29(10-2)21-34(20-28)38(37-26(7)15-16-27(37)8,35-22-30(11-3)18-31(12-4)23-35)36-24-32(13-5)19-33(14-6)25-36/h15-26H,9-14H2,1-8H3. The first-order chi connectivity index (χ1) is 18.3. The monoisotopic (exact) mass is 520 g/mol. The highest BCUT2D eigenvalue weighted by Crippen LogP contribution is 2.34. The van der Waals surface area contributed by atoms with Crippen LogP contribution in [0.25, 0.3) is 0 Å². The molecule has 1 aliphatic rings. The molecule has 0 aromatic heterocycles. The third kappa shape index (κ3) is 5.15. The Kier molecular flexibility index (Phi) is 8.99. The third-order valence-corrected chi connectivity index (χ3v) is 13.9. The van der Waals surface area contributed by atoms with Gasteiger partial charge in [0.05, 0.1) is 0 Å². The van der Waals surface area contributed by atoms with Gasteiger partial charge in [0.25, 0.3) is 0 Å². The fourth-order valence-electron chi connectivity index (χ4n) is 6.60. The van der Waals surface area contributed by atoms with Gasteiger partial charge in [0.1, 0.15) is 0 Å². The smallest absolute Gasteiger partial charge is 0.0777 e. The second-order valence-corrected chi connectivity index (χ2v) is 15.0. The quantitative estimate of drug-likeness (QED) is 0.191. The summed E-state index contributed by atoms with van der Waals surface area (Å²) in [5.41, 5.74) is 10.3. The molecule has 4 rings (SSSR count). The molecule has 1 heteroatoms. The van der Waals surface area contributed by atoms with Crippen LogP contribution < -0.4 is 15.6 Å². The van der Waals surface area contributed by atoms with Crippen molar-refractivity contribution < 1.29 is 0 Å². The highest BCUT2D eigenvalue weighted by molar-refractivity contribution is 7.16. The lowest BCUT2D eigenvalue weighted by Crippen LogP contribution is -2.70. The molecule has 0 N–H and O–H groups in total. The van der Waals surface area contributed by atoms with Gasteiger partial charge in [0.15, 0.2) is 8.07 Å². The molecular formula is C37H48Si. The van der Waals surface area contributed by atoms with Crippen molar-refractivity contribution in [3.05, 3.63) is 111 Å². The van der Waals surface area contributed by atoms with Gasteiger partial charge in [0.2, 0.25) is 0 Å². The van der Waals surface area contributed by atoms with Crippen LogP contribution in [-0.4, -0.2) is 8.07 Å². The summed E-state index contributed by atoms with van der Waals surface area (Å²) >= 11 is 0. The van der Waals surface area contributed by atoms with E-state index in [1.165, 1.54) is 39.0 Å². The Morgan fingerprint density at radius 2 is 0.789 bits per heavy atom. The Bertz CT molecular complexity index is 1150. The van der Waals surface area contributed by atoms with Crippen LogP contribution in [0.2, 0.25) is 0 Å². The van der Waals surface area contributed by atoms with Crippen molar-refractivity contribution in [1.29, 1.82) is 0 Å². The first-order valence-electron chi connectivity index (χ1n) is 15.1. The van der Waals surface area contributed by atoms with Gasteiger partial charge >= 0.3 is 0 Å². The van der Waals surface area contributed by atoms with Crippen molar-refractivity contribution in [3.63, 3.8) is 0 Å². The lowest BCUT2D eigenvalue weighted by atomic mass is 10.1. The molecule has 0 fully saturated rings. The van der Waals surface area contributed by atoms with Gasteiger partial charge in [-0.25, -0.2) is 0 Å². The van der Waals surface area contributed by atoms with Crippen LogP contribution in [0.1, 0.15) is 88.8 Å². The van der Waals surface area contributed by atoms with E-state index in [0.717, 1.165) is 38.5 Å². The van der Waals surface area contributed by atoms with Gasteiger partial charge in [-0.1, -0.05) is 126 Å². The third-order valence-electron chi connectivity index (χ3n) is 8.83. The molecule has 38 heavy (non-hydrogen) atoms. The number of hydrogen-bond donors (Lipinski definition) is 0. The summed E-state index contributed by atoms with van der Waals surface area (Å²) in [5.74, 6) is 0.433. The fraction of sp³-hybridized carbons (Fsp3) is 0.405. The van der Waals surface area contributed by atoms with E-state index in [1.54, 1.807) is 20.8 Å². The van der Waals surface area contributed by atoms with E-state index in [-0.39, 0.29) is 0 Å². The van der Waals surface area contributed by atoms with Gasteiger partial charge in [-0.15, -0.1) is 0 Å². The average molecular weight is 521 g/mol. The van der Waals surface area contributed by atoms with Crippen molar-refractivity contribution in [3.8, 4) is 0 Å². The average Bonchev–Trinajstić information content (AvgIpc) is 3.30. The molecule has 0 saturated carbocycles. The van der Waals surface area contributed by atoms with Crippen LogP contribution in [0.3, 0.4) is 0 Å². The van der Waals surface area contributed by atoms with Gasteiger partial charge in [-0.2, -0.15) is 0 Å². The van der Waals surface area contributed by atoms with Crippen LogP contribution in [0, 0.1) is 5.92 Å². The maximum absolute atomic E-state index is 2.59. The predicted octanol–water partition coefficient (Wildman–Crippen LogP) is 7.59. The minimum Gasteiger partial charge on any atom is -0.0777 e. The van der Waals surface area contributed by atoms with E-state index in [4.69, 9.17) is 0 Å². The molecule has 0 saturated heterocycles. The van der Waals surface area contributed by atoms with E-state index in [2.05, 4.69) is 122 Å². The molecule has 1 unspecified atom stereocenters. The van der Waals surface area contributed by atoms with E-state index in [1.807, 2.05) is 0 Å². The van der Waals surface area contributed by atoms with Crippen LogP contribution in [0.5, 0.6) is 0 Å². The Morgan fingerprint density at radius 3 is 1.00 bits per heavy atom. The highest BCUT2D eigenvalue weighted by atomic mass is 28.3. The molecule has 0 amide bonds. The van der Waals surface area contributed by atoms with E-state index in [9.17, 15) is 0 Å². The summed E-state index contributed by atoms with van der Waals surface area (Å²) in [4.78, 5) is 0. The molecule has 200 valence electrons. The summed E-state index contributed by atoms with van der Waals surface area (Å²) in [6, 6.07) is 22.9. The zero-order chi connectivity index (χ0) is 27.4. The van der Waals surface area contributed by atoms with Crippen LogP contribution >= 0.6 is 0 Å². The molecule has 1 atom stereocenters. The number of rotatable bonds is 10. The Hall–Kier alpha value is -2.64. The van der Waals surface area contributed by atoms with E-state index in [0.29, 0.717) is 5.92 Å². The molecule has 0 aliphatic heterocycles. The number of aryl methyl sites for hydroxylation is 6. The van der Waals surface area contributed by atoms with Crippen LogP contribution in [0.4, 0.5) is 0 Å². The predicted molar refractivity (Wildman–Crippen MR) is 171 cm³/mol. The van der Waals surface area contributed by atoms with Crippen LogP contribution in [0.15, 0.2) is 77.5 Å². The number of allylic oxidation sites excluding steroid dienone is 4. The van der Waals surface area contributed by atoms with Crippen molar-refractivity contribution in [1.82, 2.24) is 0 Å². The normalized spacial score (nSPS) is 15.5. The summed E-state index contributed by atoms with van der Waals surface area (Å²) in [6.45, 7) is 18.7. The highest BCUT2D eigenvalue weighted by Gasteiger charge is 2.47. The Morgan fingerprint density at radius 1 is 0.500 bits per heavy atom. The van der Waals surface area contributed by atoms with Crippen molar-refractivity contribution in [2.24, 2.45) is 5.92 Å². The van der Waals surface area contributed by atoms with Crippen molar-refractivity contribution >= 4 is 23.6 Å². The second-order valence-electron chi connectivity index (χ2n) is 11.2. The zero-order valence-electron chi connectivity index (χ0n) is 25.2. The van der Waals surface area contributed by atoms with Gasteiger partial charge in [-0.05, 0) is 100 Å². The molecule has 0 nitrogen and oxygen atoms in total. The molecule has 0 heterocycles. The molecular weight excluding hydrogens is 472 g/mol. The maximum Gasteiger partial charge on any atom is 0.176 e. The first-order valence-corrected chi connectivity index (χ1v) is 17.1. The SMILES string of the molecule is CCc1cc(CC)cc([Si](C2=C(C)C=CC2C)(c2cc(CC)cc(CC)c2)c2cc(CC)cc(CC)c2)c1. The van der Waals surface area contributed by atoms with E-state index < -0.39 is 8.07 Å². The summed E-state index contributed by atoms with van der Waals surface area (Å²) in [6.07, 6.45) is 11.3. The topological polar surface area (TPSA) is 0 Å². The number of hydrogen-bond acceptors (Lipinski definition) is 0. The van der Waals surface area contributed by atoms with Crippen LogP contribution in [-0.2, 0) is 38.5 Å². The molecule has 0 spiro atoms. The molecule has 3 aromatic rings. The minimum absolute atomic E-state index is 0.433. The molecule has 3 aromatic carbocycles. The Labute approximate surface area is 233 Å². The van der Waals surface area contributed by atoms with Gasteiger partial charge in [0, 0.05) is 0 Å². The minimum atomic E-state index is -2.59. The van der Waals surface area contributed by atoms with Gasteiger partial charge in [-0.3, -0.25) is 0 Å². The largest absolute Gasteiger partial charge is 0.176 e. The lowest BCUT2D eigenvalue weighted by molar-refractivity contribution is 0.923. The maximum atomic E-state index is 2.59. The molecule has 0 radical (unpaired) electrons. The zero-order valence-corrected chi connectivity index (χ0v) is 26.2. The van der Waals surface area contributed by atoms with Crippen molar-refractivity contribution in [2.75, 3.05) is 0 Å².